The molecule has 92 valence electrons. The molecule has 0 bridgehead atoms. The van der Waals surface area contributed by atoms with Gasteiger partial charge in [-0.1, -0.05) is 41.4 Å². The molecule has 1 atom stereocenters. The summed E-state index contributed by atoms with van der Waals surface area (Å²) < 4.78 is 5.61. The standard InChI is InChI=1S/C14H11Cl2NO/c15-9-6-11(16)14-12(8-18-13(14)7-9)17-10-4-2-1-3-5-10/h1-7,12,17H,8H2. The average molecular weight is 280 g/mol. The predicted octanol–water partition coefficient (Wildman–Crippen LogP) is 4.54. The molecule has 4 heteroatoms. The third-order valence-corrected chi connectivity index (χ3v) is 3.46. The van der Waals surface area contributed by atoms with E-state index in [1.807, 2.05) is 30.3 Å². The Kier molecular flexibility index (Phi) is 3.06. The van der Waals surface area contributed by atoms with E-state index in [2.05, 4.69) is 5.32 Å². The lowest BCUT2D eigenvalue weighted by atomic mass is 10.1. The third-order valence-electron chi connectivity index (χ3n) is 2.93. The van der Waals surface area contributed by atoms with E-state index in [1.54, 1.807) is 12.1 Å². The SMILES string of the molecule is Clc1cc(Cl)c2c(c1)OCC2Nc1ccccc1. The van der Waals surface area contributed by atoms with Crippen molar-refractivity contribution in [1.29, 1.82) is 0 Å². The van der Waals surface area contributed by atoms with Crippen LogP contribution < -0.4 is 10.1 Å². The van der Waals surface area contributed by atoms with Gasteiger partial charge in [0.15, 0.2) is 0 Å². The van der Waals surface area contributed by atoms with E-state index in [0.29, 0.717) is 16.7 Å². The Balaban J connectivity index is 1.91. The molecule has 1 heterocycles. The first-order valence-electron chi connectivity index (χ1n) is 5.67. The average Bonchev–Trinajstić information content (AvgIpc) is 2.73. The van der Waals surface area contributed by atoms with Crippen molar-refractivity contribution in [1.82, 2.24) is 0 Å². The number of para-hydroxylation sites is 1. The van der Waals surface area contributed by atoms with E-state index < -0.39 is 0 Å². The number of nitrogens with one attached hydrogen (secondary N) is 1. The first-order chi connectivity index (χ1) is 8.74. The molecule has 1 aliphatic heterocycles. The summed E-state index contributed by atoms with van der Waals surface area (Å²) in [4.78, 5) is 0. The van der Waals surface area contributed by atoms with Gasteiger partial charge >= 0.3 is 0 Å². The van der Waals surface area contributed by atoms with Gasteiger partial charge in [0, 0.05) is 16.3 Å². The molecular weight excluding hydrogens is 269 g/mol. The molecule has 1 aliphatic rings. The van der Waals surface area contributed by atoms with Crippen LogP contribution in [0.15, 0.2) is 42.5 Å². The number of fused-ring (bicyclic) bond motifs is 1. The van der Waals surface area contributed by atoms with Crippen LogP contribution in [0.3, 0.4) is 0 Å². The van der Waals surface area contributed by atoms with Crippen LogP contribution in [0, 0.1) is 0 Å². The van der Waals surface area contributed by atoms with Crippen LogP contribution in [0.2, 0.25) is 10.0 Å². The largest absolute Gasteiger partial charge is 0.491 e. The van der Waals surface area contributed by atoms with Gasteiger partial charge in [-0.2, -0.15) is 0 Å². The highest BCUT2D eigenvalue weighted by atomic mass is 35.5. The van der Waals surface area contributed by atoms with E-state index in [0.717, 1.165) is 17.0 Å². The van der Waals surface area contributed by atoms with Gasteiger partial charge < -0.3 is 10.1 Å². The Morgan fingerprint density at radius 1 is 1.11 bits per heavy atom. The molecule has 1 N–H and O–H groups in total. The van der Waals surface area contributed by atoms with Crippen LogP contribution in [0.1, 0.15) is 11.6 Å². The summed E-state index contributed by atoms with van der Waals surface area (Å²) in [6.45, 7) is 0.560. The number of hydrogen-bond donors (Lipinski definition) is 1. The quantitative estimate of drug-likeness (QED) is 0.872. The molecule has 18 heavy (non-hydrogen) atoms. The lowest BCUT2D eigenvalue weighted by Crippen LogP contribution is -2.12. The number of halogens is 2. The summed E-state index contributed by atoms with van der Waals surface area (Å²) in [5, 5.41) is 4.64. The smallest absolute Gasteiger partial charge is 0.127 e. The molecule has 3 rings (SSSR count). The van der Waals surface area contributed by atoms with Crippen molar-refractivity contribution < 1.29 is 4.74 Å². The van der Waals surface area contributed by atoms with E-state index in [9.17, 15) is 0 Å². The maximum absolute atomic E-state index is 6.23. The predicted molar refractivity (Wildman–Crippen MR) is 74.8 cm³/mol. The fourth-order valence-electron chi connectivity index (χ4n) is 2.12. The minimum atomic E-state index is 0.0622. The molecule has 0 aromatic heterocycles. The molecule has 0 spiro atoms. The number of rotatable bonds is 2. The second-order valence-corrected chi connectivity index (χ2v) is 5.02. The molecule has 0 amide bonds. The summed E-state index contributed by atoms with van der Waals surface area (Å²) in [6, 6.07) is 13.6. The van der Waals surface area contributed by atoms with Gasteiger partial charge in [0.05, 0.1) is 11.1 Å². The molecule has 0 saturated heterocycles. The molecule has 0 aliphatic carbocycles. The number of benzene rings is 2. The maximum Gasteiger partial charge on any atom is 0.127 e. The van der Waals surface area contributed by atoms with Crippen LogP contribution in [-0.4, -0.2) is 6.61 Å². The zero-order valence-corrected chi connectivity index (χ0v) is 11.0. The summed E-state index contributed by atoms with van der Waals surface area (Å²) in [6.07, 6.45) is 0. The van der Waals surface area contributed by atoms with E-state index in [1.165, 1.54) is 0 Å². The second-order valence-electron chi connectivity index (χ2n) is 4.17. The minimum Gasteiger partial charge on any atom is -0.491 e. The van der Waals surface area contributed by atoms with Gasteiger partial charge in [-0.3, -0.25) is 0 Å². The zero-order valence-electron chi connectivity index (χ0n) is 9.49. The highest BCUT2D eigenvalue weighted by Gasteiger charge is 2.27. The number of anilines is 1. The zero-order chi connectivity index (χ0) is 12.5. The normalized spacial score (nSPS) is 17.1. The van der Waals surface area contributed by atoms with E-state index in [-0.39, 0.29) is 6.04 Å². The molecule has 2 nitrogen and oxygen atoms in total. The van der Waals surface area contributed by atoms with Crippen LogP contribution in [0.4, 0.5) is 5.69 Å². The van der Waals surface area contributed by atoms with Crippen LogP contribution in [0.25, 0.3) is 0 Å². The van der Waals surface area contributed by atoms with Crippen molar-refractivity contribution >= 4 is 28.9 Å². The third kappa shape index (κ3) is 2.14. The summed E-state index contributed by atoms with van der Waals surface area (Å²) in [5.41, 5.74) is 2.02. The Morgan fingerprint density at radius 3 is 2.67 bits per heavy atom. The molecular formula is C14H11Cl2NO. The van der Waals surface area contributed by atoms with Crippen molar-refractivity contribution in [3.05, 3.63) is 58.1 Å². The van der Waals surface area contributed by atoms with Crippen molar-refractivity contribution in [2.45, 2.75) is 6.04 Å². The van der Waals surface area contributed by atoms with Crippen molar-refractivity contribution in [2.75, 3.05) is 11.9 Å². The molecule has 0 radical (unpaired) electrons. The van der Waals surface area contributed by atoms with Gasteiger partial charge in [-0.05, 0) is 24.3 Å². The maximum atomic E-state index is 6.23. The Hall–Kier alpha value is -1.38. The minimum absolute atomic E-state index is 0.0622. The Labute approximate surface area is 115 Å². The summed E-state index contributed by atoms with van der Waals surface area (Å²) in [7, 11) is 0. The fraction of sp³-hybridized carbons (Fsp3) is 0.143. The van der Waals surface area contributed by atoms with E-state index >= 15 is 0 Å². The van der Waals surface area contributed by atoms with Crippen LogP contribution in [0.5, 0.6) is 5.75 Å². The number of hydrogen-bond acceptors (Lipinski definition) is 2. The molecule has 2 aromatic carbocycles. The first-order valence-corrected chi connectivity index (χ1v) is 6.43. The summed E-state index contributed by atoms with van der Waals surface area (Å²) >= 11 is 12.2. The van der Waals surface area contributed by atoms with Gasteiger partial charge in [-0.25, -0.2) is 0 Å². The van der Waals surface area contributed by atoms with Crippen LogP contribution >= 0.6 is 23.2 Å². The first kappa shape index (κ1) is 11.7. The molecule has 0 fully saturated rings. The summed E-state index contributed by atoms with van der Waals surface area (Å²) in [5.74, 6) is 0.765. The Bertz CT molecular complexity index is 572. The monoisotopic (exact) mass is 279 g/mol. The van der Waals surface area contributed by atoms with Gasteiger partial charge in [-0.15, -0.1) is 0 Å². The van der Waals surface area contributed by atoms with Crippen LogP contribution in [-0.2, 0) is 0 Å². The molecule has 0 saturated carbocycles. The highest BCUT2D eigenvalue weighted by molar-refractivity contribution is 6.35. The van der Waals surface area contributed by atoms with E-state index in [4.69, 9.17) is 27.9 Å². The molecule has 2 aromatic rings. The lowest BCUT2D eigenvalue weighted by molar-refractivity contribution is 0.340. The number of ether oxygens (including phenoxy) is 1. The molecule has 1 unspecified atom stereocenters. The van der Waals surface area contributed by atoms with Crippen molar-refractivity contribution in [3.8, 4) is 5.75 Å². The fourth-order valence-corrected chi connectivity index (χ4v) is 2.73. The van der Waals surface area contributed by atoms with Gasteiger partial charge in [0.2, 0.25) is 0 Å². The Morgan fingerprint density at radius 2 is 1.89 bits per heavy atom. The van der Waals surface area contributed by atoms with Gasteiger partial charge in [0.25, 0.3) is 0 Å². The lowest BCUT2D eigenvalue weighted by Gasteiger charge is -2.14. The van der Waals surface area contributed by atoms with Crippen molar-refractivity contribution in [3.63, 3.8) is 0 Å². The van der Waals surface area contributed by atoms with Gasteiger partial charge in [0.1, 0.15) is 12.4 Å². The second kappa shape index (κ2) is 4.71. The highest BCUT2D eigenvalue weighted by Crippen LogP contribution is 2.41. The van der Waals surface area contributed by atoms with Crippen molar-refractivity contribution in [2.24, 2.45) is 0 Å². The topological polar surface area (TPSA) is 21.3 Å².